The number of benzene rings is 2. The van der Waals surface area contributed by atoms with E-state index in [1.54, 1.807) is 25.7 Å². The number of hydrogen-bond donors (Lipinski definition) is 2. The zero-order chi connectivity index (χ0) is 27.7. The number of carbonyl (C=O) groups excluding carboxylic acids is 2. The quantitative estimate of drug-likeness (QED) is 0.149. The number of ether oxygens (including phenoxy) is 1. The van der Waals surface area contributed by atoms with E-state index >= 15 is 0 Å². The molecule has 0 fully saturated rings. The highest BCUT2D eigenvalue weighted by molar-refractivity contribution is 7.97. The van der Waals surface area contributed by atoms with Crippen LogP contribution in [0.15, 0.2) is 58.6 Å². The van der Waals surface area contributed by atoms with Gasteiger partial charge >= 0.3 is 12.0 Å². The van der Waals surface area contributed by atoms with Crippen LogP contribution in [0.3, 0.4) is 0 Å². The van der Waals surface area contributed by atoms with Gasteiger partial charge in [0.2, 0.25) is 0 Å². The van der Waals surface area contributed by atoms with Crippen LogP contribution in [0.2, 0.25) is 0 Å². The fraction of sp³-hybridized carbons (Fsp3) is 0.417. The van der Waals surface area contributed by atoms with Crippen LogP contribution in [-0.4, -0.2) is 52.7 Å². The molecular weight excluding hydrogens is 488 g/mol. The first-order valence-corrected chi connectivity index (χ1v) is 11.9. The maximum Gasteiger partial charge on any atom is 0.410 e. The van der Waals surface area contributed by atoms with Crippen molar-refractivity contribution in [1.29, 1.82) is 0 Å². The number of carbonyl (C=O) groups is 2. The Morgan fingerprint density at radius 1 is 1.14 bits per heavy atom. The zero-order valence-corrected chi connectivity index (χ0v) is 22.2. The Morgan fingerprint density at radius 3 is 2.28 bits per heavy atom. The molecule has 2 aromatic rings. The molecule has 2 aromatic carbocycles. The number of nitrogens with zero attached hydrogens (tertiary/aromatic N) is 3. The highest BCUT2D eigenvalue weighted by Gasteiger charge is 2.23. The predicted octanol–water partition coefficient (Wildman–Crippen LogP) is 5.17. The van der Waals surface area contributed by atoms with Crippen molar-refractivity contribution in [2.24, 2.45) is 5.18 Å². The Morgan fingerprint density at radius 2 is 1.75 bits per heavy atom. The summed E-state index contributed by atoms with van der Waals surface area (Å²) in [5, 5.41) is 20.6. The topological polar surface area (TPSA) is 151 Å². The molecule has 36 heavy (non-hydrogen) atoms. The summed E-state index contributed by atoms with van der Waals surface area (Å²) in [6.45, 7) is 10.3. The number of hydrogen-bond acceptors (Lipinski definition) is 9. The normalized spacial score (nSPS) is 10.1. The second kappa shape index (κ2) is 17.1. The highest BCUT2D eigenvalue weighted by Crippen LogP contribution is 2.28. The van der Waals surface area contributed by atoms with Gasteiger partial charge in [0, 0.05) is 38.0 Å². The van der Waals surface area contributed by atoms with E-state index in [0.717, 1.165) is 30.7 Å². The molecule has 0 heterocycles. The lowest BCUT2D eigenvalue weighted by Crippen LogP contribution is -2.39. The van der Waals surface area contributed by atoms with Crippen LogP contribution in [0, 0.1) is 15.0 Å². The van der Waals surface area contributed by atoms with Gasteiger partial charge in [0.1, 0.15) is 10.5 Å². The van der Waals surface area contributed by atoms with Gasteiger partial charge in [-0.3, -0.25) is 19.6 Å². The molecule has 0 atom stereocenters. The number of rotatable bonds is 9. The Kier molecular flexibility index (Phi) is 15.5. The summed E-state index contributed by atoms with van der Waals surface area (Å²) in [6.07, 6.45) is -0.469. The number of nitro groups is 1. The second-order valence-electron chi connectivity index (χ2n) is 7.72. The molecule has 0 saturated carbocycles. The summed E-state index contributed by atoms with van der Waals surface area (Å²) >= 11 is 0.986. The van der Waals surface area contributed by atoms with Crippen LogP contribution < -0.4 is 4.72 Å². The maximum atomic E-state index is 12.6. The number of amides is 2. The third-order valence-corrected chi connectivity index (χ3v) is 4.93. The largest absolute Gasteiger partial charge is 0.444 e. The van der Waals surface area contributed by atoms with Crippen molar-refractivity contribution in [3.63, 3.8) is 0 Å². The fourth-order valence-electron chi connectivity index (χ4n) is 2.61. The minimum absolute atomic E-state index is 0.157. The minimum atomic E-state index is -1.08. The summed E-state index contributed by atoms with van der Waals surface area (Å²) in [6, 6.07) is 13.1. The van der Waals surface area contributed by atoms with Crippen LogP contribution in [0.4, 0.5) is 10.5 Å². The number of nitro benzene ring substituents is 1. The van der Waals surface area contributed by atoms with Gasteiger partial charge < -0.3 is 14.7 Å². The van der Waals surface area contributed by atoms with Crippen LogP contribution in [-0.2, 0) is 11.3 Å². The maximum absolute atomic E-state index is 12.6. The van der Waals surface area contributed by atoms with E-state index in [1.807, 2.05) is 44.2 Å². The van der Waals surface area contributed by atoms with Gasteiger partial charge in [-0.25, -0.2) is 4.79 Å². The zero-order valence-electron chi connectivity index (χ0n) is 21.4. The molecule has 0 unspecified atom stereocenters. The lowest BCUT2D eigenvalue weighted by molar-refractivity contribution is -0.387. The standard InChI is InChI=1S/C21H24N4O6S.C2H6.CH4O/c1-21(2,3)31-20(27)24(14-15-7-5-4-6-8-15)12-11-22-32-18-10-9-16(19(26)23-28)13-17(18)25(29)30;2*1-2/h4-10,13,22H,11-12,14H2,1-3H3;1-2H3;2H,1H3. The Hall–Kier alpha value is -3.35. The number of nitroso groups, excluding NO2 is 1. The lowest BCUT2D eigenvalue weighted by Gasteiger charge is -2.27. The summed E-state index contributed by atoms with van der Waals surface area (Å²) in [5.74, 6) is -1.08. The van der Waals surface area contributed by atoms with Crippen LogP contribution in [0.25, 0.3) is 0 Å². The molecule has 2 amide bonds. The van der Waals surface area contributed by atoms with Crippen molar-refractivity contribution < 1.29 is 24.4 Å². The van der Waals surface area contributed by atoms with Crippen LogP contribution in [0.1, 0.15) is 50.5 Å². The predicted molar refractivity (Wildman–Crippen MR) is 140 cm³/mol. The van der Waals surface area contributed by atoms with E-state index in [0.29, 0.717) is 13.1 Å². The van der Waals surface area contributed by atoms with Gasteiger partial charge in [-0.15, -0.1) is 4.91 Å². The van der Waals surface area contributed by atoms with Gasteiger partial charge in [0.05, 0.1) is 10.5 Å². The number of aliphatic hydroxyl groups is 1. The summed E-state index contributed by atoms with van der Waals surface area (Å²) in [4.78, 5) is 46.9. The molecule has 0 aliphatic rings. The summed E-state index contributed by atoms with van der Waals surface area (Å²) in [7, 11) is 1.00. The average Bonchev–Trinajstić information content (AvgIpc) is 2.87. The average molecular weight is 523 g/mol. The molecule has 198 valence electrons. The molecule has 12 heteroatoms. The Balaban J connectivity index is 0.00000291. The Labute approximate surface area is 215 Å². The van der Waals surface area contributed by atoms with Crippen molar-refractivity contribution in [2.45, 2.75) is 51.7 Å². The molecular formula is C24H34N4O7S. The Bertz CT molecular complexity index is 982. The van der Waals surface area contributed by atoms with Crippen molar-refractivity contribution in [3.05, 3.63) is 74.7 Å². The minimum Gasteiger partial charge on any atom is -0.444 e. The third kappa shape index (κ3) is 11.9. The molecule has 0 radical (unpaired) electrons. The van der Waals surface area contributed by atoms with Crippen LogP contribution in [0.5, 0.6) is 0 Å². The molecule has 0 aliphatic carbocycles. The first-order chi connectivity index (χ1) is 17.1. The SMILES string of the molecule is CC.CC(C)(C)OC(=O)N(CCNSc1ccc(C(=O)N=O)cc1[N+](=O)[O-])Cc1ccccc1.CO. The van der Waals surface area contributed by atoms with Crippen molar-refractivity contribution >= 4 is 29.6 Å². The number of aliphatic hydroxyl groups excluding tert-OH is 1. The van der Waals surface area contributed by atoms with E-state index in [1.165, 1.54) is 12.1 Å². The van der Waals surface area contributed by atoms with E-state index in [9.17, 15) is 24.6 Å². The van der Waals surface area contributed by atoms with Crippen molar-refractivity contribution in [3.8, 4) is 0 Å². The first kappa shape index (κ1) is 32.7. The van der Waals surface area contributed by atoms with Gasteiger partial charge in [0.25, 0.3) is 5.69 Å². The van der Waals surface area contributed by atoms with Gasteiger partial charge in [0.15, 0.2) is 0 Å². The lowest BCUT2D eigenvalue weighted by atomic mass is 10.2. The summed E-state index contributed by atoms with van der Waals surface area (Å²) in [5.41, 5.74) is -0.198. The molecule has 0 aliphatic heterocycles. The van der Waals surface area contributed by atoms with Crippen molar-refractivity contribution in [1.82, 2.24) is 9.62 Å². The van der Waals surface area contributed by atoms with E-state index in [2.05, 4.69) is 9.90 Å². The van der Waals surface area contributed by atoms with Gasteiger partial charge in [-0.1, -0.05) is 44.2 Å². The fourth-order valence-corrected chi connectivity index (χ4v) is 3.33. The molecule has 2 N–H and O–H groups in total. The highest BCUT2D eigenvalue weighted by atomic mass is 32.2. The smallest absolute Gasteiger partial charge is 0.410 e. The second-order valence-corrected chi connectivity index (χ2v) is 8.65. The molecule has 0 aromatic heterocycles. The number of nitrogens with one attached hydrogen (secondary N) is 1. The molecule has 0 bridgehead atoms. The molecule has 2 rings (SSSR count). The first-order valence-electron chi connectivity index (χ1n) is 11.1. The van der Waals surface area contributed by atoms with E-state index in [-0.39, 0.29) is 22.7 Å². The molecule has 11 nitrogen and oxygen atoms in total. The van der Waals surface area contributed by atoms with E-state index in [4.69, 9.17) is 9.84 Å². The summed E-state index contributed by atoms with van der Waals surface area (Å²) < 4.78 is 8.47. The van der Waals surface area contributed by atoms with Crippen molar-refractivity contribution in [2.75, 3.05) is 20.2 Å². The van der Waals surface area contributed by atoms with Gasteiger partial charge in [-0.2, -0.15) is 0 Å². The van der Waals surface area contributed by atoms with Crippen LogP contribution >= 0.6 is 11.9 Å². The van der Waals surface area contributed by atoms with Gasteiger partial charge in [-0.05, 0) is 50.4 Å². The third-order valence-electron chi connectivity index (χ3n) is 4.02. The monoisotopic (exact) mass is 522 g/mol. The van der Waals surface area contributed by atoms with E-state index < -0.39 is 22.5 Å². The molecule has 0 spiro atoms. The molecule has 0 saturated heterocycles.